The van der Waals surface area contributed by atoms with Crippen molar-refractivity contribution < 1.29 is 9.18 Å². The van der Waals surface area contributed by atoms with Crippen LogP contribution < -0.4 is 5.73 Å². The lowest BCUT2D eigenvalue weighted by Gasteiger charge is -2.31. The summed E-state index contributed by atoms with van der Waals surface area (Å²) in [6.07, 6.45) is 0. The van der Waals surface area contributed by atoms with Crippen LogP contribution in [0.5, 0.6) is 0 Å². The molecule has 0 saturated heterocycles. The van der Waals surface area contributed by atoms with Gasteiger partial charge in [0.15, 0.2) is 0 Å². The number of hydrogen-bond acceptors (Lipinski definition) is 2. The summed E-state index contributed by atoms with van der Waals surface area (Å²) in [6, 6.07) is 5.62. The van der Waals surface area contributed by atoms with Crippen LogP contribution in [-0.2, 0) is 4.79 Å². The van der Waals surface area contributed by atoms with Crippen LogP contribution in [0, 0.1) is 11.7 Å². The van der Waals surface area contributed by atoms with Gasteiger partial charge in [-0.2, -0.15) is 0 Å². The second-order valence-corrected chi connectivity index (χ2v) is 5.12. The van der Waals surface area contributed by atoms with Gasteiger partial charge in [0.2, 0.25) is 5.91 Å². The third-order valence-corrected chi connectivity index (χ3v) is 3.45. The fourth-order valence-electron chi connectivity index (χ4n) is 2.02. The van der Waals surface area contributed by atoms with Gasteiger partial charge in [-0.1, -0.05) is 26.0 Å². The lowest BCUT2D eigenvalue weighted by Crippen LogP contribution is -2.47. The number of nitrogens with two attached hydrogens (primary N) is 1. The van der Waals surface area contributed by atoms with E-state index in [0.29, 0.717) is 6.54 Å². The average Bonchev–Trinajstić information content (AvgIpc) is 2.38. The Hall–Kier alpha value is -1.42. The molecule has 2 atom stereocenters. The maximum absolute atomic E-state index is 12.9. The number of halogens is 1. The molecule has 4 heteroatoms. The Morgan fingerprint density at radius 1 is 1.26 bits per heavy atom. The Morgan fingerprint density at radius 3 is 2.21 bits per heavy atom. The van der Waals surface area contributed by atoms with E-state index in [2.05, 4.69) is 0 Å². The maximum Gasteiger partial charge on any atom is 0.240 e. The molecule has 3 nitrogen and oxygen atoms in total. The van der Waals surface area contributed by atoms with E-state index in [9.17, 15) is 9.18 Å². The standard InChI is InChI=1S/C15H23FN2O/c1-5-18(15(19)14(17)10(2)3)11(4)12-6-8-13(16)9-7-12/h6-11,14H,5,17H2,1-4H3. The summed E-state index contributed by atoms with van der Waals surface area (Å²) in [5, 5.41) is 0. The fourth-order valence-corrected chi connectivity index (χ4v) is 2.02. The Kier molecular flexibility index (Phi) is 5.48. The number of carbonyl (C=O) groups excluding carboxylic acids is 1. The Labute approximate surface area is 114 Å². The smallest absolute Gasteiger partial charge is 0.240 e. The van der Waals surface area contributed by atoms with Gasteiger partial charge in [0.1, 0.15) is 5.82 Å². The predicted molar refractivity (Wildman–Crippen MR) is 75.0 cm³/mol. The molecule has 0 bridgehead atoms. The lowest BCUT2D eigenvalue weighted by atomic mass is 10.0. The van der Waals surface area contributed by atoms with Gasteiger partial charge in [-0.05, 0) is 37.5 Å². The first-order valence-corrected chi connectivity index (χ1v) is 6.70. The van der Waals surface area contributed by atoms with E-state index in [0.717, 1.165) is 5.56 Å². The second kappa shape index (κ2) is 6.66. The van der Waals surface area contributed by atoms with E-state index < -0.39 is 6.04 Å². The van der Waals surface area contributed by atoms with Gasteiger partial charge in [0, 0.05) is 6.54 Å². The van der Waals surface area contributed by atoms with Crippen molar-refractivity contribution in [3.63, 3.8) is 0 Å². The monoisotopic (exact) mass is 266 g/mol. The van der Waals surface area contributed by atoms with Crippen molar-refractivity contribution in [2.24, 2.45) is 11.7 Å². The van der Waals surface area contributed by atoms with Crippen LogP contribution in [0.1, 0.15) is 39.3 Å². The highest BCUT2D eigenvalue weighted by molar-refractivity contribution is 5.82. The molecule has 0 spiro atoms. The summed E-state index contributed by atoms with van der Waals surface area (Å²) in [4.78, 5) is 14.1. The Bertz CT molecular complexity index is 417. The molecule has 1 aromatic carbocycles. The fraction of sp³-hybridized carbons (Fsp3) is 0.533. The lowest BCUT2D eigenvalue weighted by molar-refractivity contribution is -0.135. The molecule has 2 unspecified atom stereocenters. The summed E-state index contributed by atoms with van der Waals surface area (Å²) in [6.45, 7) is 8.29. The zero-order valence-electron chi connectivity index (χ0n) is 12.1. The van der Waals surface area contributed by atoms with Crippen LogP contribution in [0.4, 0.5) is 4.39 Å². The van der Waals surface area contributed by atoms with Crippen LogP contribution >= 0.6 is 0 Å². The molecule has 0 fully saturated rings. The summed E-state index contributed by atoms with van der Waals surface area (Å²) in [5.41, 5.74) is 6.84. The molecule has 2 N–H and O–H groups in total. The van der Waals surface area contributed by atoms with Gasteiger partial charge in [-0.15, -0.1) is 0 Å². The zero-order valence-corrected chi connectivity index (χ0v) is 12.1. The largest absolute Gasteiger partial charge is 0.335 e. The summed E-state index contributed by atoms with van der Waals surface area (Å²) in [5.74, 6) is -0.236. The third-order valence-electron chi connectivity index (χ3n) is 3.45. The number of amides is 1. The molecule has 19 heavy (non-hydrogen) atoms. The van der Waals surface area contributed by atoms with Crippen molar-refractivity contribution in [2.45, 2.75) is 39.8 Å². The van der Waals surface area contributed by atoms with Crippen LogP contribution in [0.2, 0.25) is 0 Å². The molecule has 106 valence electrons. The van der Waals surface area contributed by atoms with Gasteiger partial charge in [0.05, 0.1) is 12.1 Å². The van der Waals surface area contributed by atoms with Crippen LogP contribution in [0.25, 0.3) is 0 Å². The SMILES string of the molecule is CCN(C(=O)C(N)C(C)C)C(C)c1ccc(F)cc1. The number of likely N-dealkylation sites (N-methyl/N-ethyl adjacent to an activating group) is 1. The highest BCUT2D eigenvalue weighted by atomic mass is 19.1. The predicted octanol–water partition coefficient (Wildman–Crippen LogP) is 2.72. The van der Waals surface area contributed by atoms with Crippen LogP contribution in [0.3, 0.4) is 0 Å². The molecule has 0 radical (unpaired) electrons. The van der Waals surface area contributed by atoms with Crippen LogP contribution in [0.15, 0.2) is 24.3 Å². The number of nitrogens with zero attached hydrogens (tertiary/aromatic N) is 1. The summed E-state index contributed by atoms with van der Waals surface area (Å²) in [7, 11) is 0. The van der Waals surface area contributed by atoms with Crippen LogP contribution in [-0.4, -0.2) is 23.4 Å². The molecule has 0 aliphatic heterocycles. The summed E-state index contributed by atoms with van der Waals surface area (Å²) < 4.78 is 12.9. The van der Waals surface area contributed by atoms with E-state index >= 15 is 0 Å². The van der Waals surface area contributed by atoms with Gasteiger partial charge < -0.3 is 10.6 Å². The number of rotatable bonds is 5. The van der Waals surface area contributed by atoms with Gasteiger partial charge >= 0.3 is 0 Å². The minimum absolute atomic E-state index is 0.0608. The quantitative estimate of drug-likeness (QED) is 0.890. The maximum atomic E-state index is 12.9. The molecule has 0 aliphatic carbocycles. The van der Waals surface area contributed by atoms with Crippen molar-refractivity contribution in [1.82, 2.24) is 4.90 Å². The normalized spacial score (nSPS) is 14.3. The minimum atomic E-state index is -0.497. The number of carbonyl (C=O) groups is 1. The average molecular weight is 266 g/mol. The Balaban J connectivity index is 2.90. The molecule has 0 aliphatic rings. The molecular weight excluding hydrogens is 243 g/mol. The first-order valence-electron chi connectivity index (χ1n) is 6.70. The van der Waals surface area contributed by atoms with Gasteiger partial charge in [-0.3, -0.25) is 4.79 Å². The molecule has 1 rings (SSSR count). The van der Waals surface area contributed by atoms with E-state index in [1.165, 1.54) is 12.1 Å². The van der Waals surface area contributed by atoms with Crippen molar-refractivity contribution in [3.05, 3.63) is 35.6 Å². The third kappa shape index (κ3) is 3.77. The molecule has 0 saturated carbocycles. The highest BCUT2D eigenvalue weighted by Gasteiger charge is 2.26. The molecule has 1 aromatic rings. The zero-order chi connectivity index (χ0) is 14.6. The van der Waals surface area contributed by atoms with Crippen molar-refractivity contribution >= 4 is 5.91 Å². The molecule has 0 heterocycles. The minimum Gasteiger partial charge on any atom is -0.335 e. The second-order valence-electron chi connectivity index (χ2n) is 5.12. The van der Waals surface area contributed by atoms with Crippen molar-refractivity contribution in [2.75, 3.05) is 6.54 Å². The molecular formula is C15H23FN2O. The van der Waals surface area contributed by atoms with Crippen molar-refractivity contribution in [1.29, 1.82) is 0 Å². The number of hydrogen-bond donors (Lipinski definition) is 1. The van der Waals surface area contributed by atoms with E-state index in [1.807, 2.05) is 27.7 Å². The number of benzene rings is 1. The van der Waals surface area contributed by atoms with E-state index in [4.69, 9.17) is 5.73 Å². The van der Waals surface area contributed by atoms with E-state index in [1.54, 1.807) is 17.0 Å². The Morgan fingerprint density at radius 2 is 1.79 bits per heavy atom. The topological polar surface area (TPSA) is 46.3 Å². The molecule has 1 amide bonds. The first-order chi connectivity index (χ1) is 8.88. The first kappa shape index (κ1) is 15.6. The van der Waals surface area contributed by atoms with E-state index in [-0.39, 0.29) is 23.7 Å². The van der Waals surface area contributed by atoms with Crippen molar-refractivity contribution in [3.8, 4) is 0 Å². The highest BCUT2D eigenvalue weighted by Crippen LogP contribution is 2.21. The molecule has 0 aromatic heterocycles. The van der Waals surface area contributed by atoms with Gasteiger partial charge in [-0.25, -0.2) is 4.39 Å². The summed E-state index contributed by atoms with van der Waals surface area (Å²) >= 11 is 0. The van der Waals surface area contributed by atoms with Gasteiger partial charge in [0.25, 0.3) is 0 Å².